The third-order valence-corrected chi connectivity index (χ3v) is 9.84. The lowest BCUT2D eigenvalue weighted by molar-refractivity contribution is -0.247. The summed E-state index contributed by atoms with van der Waals surface area (Å²) < 4.78 is 5.12. The molecule has 30 heavy (non-hydrogen) atoms. The number of hydrogen-bond donors (Lipinski definition) is 3. The average molecular weight is 417 g/mol. The maximum Gasteiger partial charge on any atom is 0.335 e. The molecule has 6 heteroatoms. The monoisotopic (exact) mass is 416 g/mol. The molecule has 0 saturated heterocycles. The van der Waals surface area contributed by atoms with Crippen molar-refractivity contribution < 1.29 is 24.5 Å². The van der Waals surface area contributed by atoms with Crippen LogP contribution in [0.15, 0.2) is 27.6 Å². The fourth-order valence-corrected chi connectivity index (χ4v) is 8.25. The second-order valence-electron chi connectivity index (χ2n) is 10.7. The summed E-state index contributed by atoms with van der Waals surface area (Å²) in [7, 11) is 0. The highest BCUT2D eigenvalue weighted by molar-refractivity contribution is 5.64. The van der Waals surface area contributed by atoms with E-state index in [1.807, 2.05) is 6.07 Å². The Hall–Kier alpha value is -1.50. The number of aldehydes is 1. The third kappa shape index (κ3) is 2.41. The van der Waals surface area contributed by atoms with Crippen LogP contribution in [-0.2, 0) is 4.79 Å². The Morgan fingerprint density at radius 3 is 2.50 bits per heavy atom. The predicted octanol–water partition coefficient (Wildman–Crippen LogP) is 2.54. The third-order valence-electron chi connectivity index (χ3n) is 9.84. The Morgan fingerprint density at radius 2 is 1.80 bits per heavy atom. The summed E-state index contributed by atoms with van der Waals surface area (Å²) in [5, 5.41) is 33.8. The summed E-state index contributed by atoms with van der Waals surface area (Å²) in [6.07, 6.45) is 7.24. The Bertz CT molecular complexity index is 891. The van der Waals surface area contributed by atoms with Crippen LogP contribution in [0.4, 0.5) is 0 Å². The minimum absolute atomic E-state index is 0.0577. The van der Waals surface area contributed by atoms with Crippen molar-refractivity contribution in [2.24, 2.45) is 22.7 Å². The molecule has 0 spiro atoms. The van der Waals surface area contributed by atoms with Crippen LogP contribution in [0.2, 0.25) is 0 Å². The van der Waals surface area contributed by atoms with E-state index in [1.165, 1.54) is 12.3 Å². The second-order valence-corrected chi connectivity index (χ2v) is 10.7. The number of aliphatic hydroxyl groups excluding tert-OH is 1. The molecular formula is C24H32O6. The van der Waals surface area contributed by atoms with Gasteiger partial charge < -0.3 is 24.5 Å². The molecule has 8 atom stereocenters. The van der Waals surface area contributed by atoms with E-state index in [0.29, 0.717) is 32.1 Å². The summed E-state index contributed by atoms with van der Waals surface area (Å²) in [4.78, 5) is 23.9. The van der Waals surface area contributed by atoms with Gasteiger partial charge in [-0.25, -0.2) is 4.79 Å². The summed E-state index contributed by atoms with van der Waals surface area (Å²) in [5.41, 5.74) is -2.79. The zero-order chi connectivity index (χ0) is 21.4. The van der Waals surface area contributed by atoms with E-state index < -0.39 is 22.7 Å². The second kappa shape index (κ2) is 6.50. The fourth-order valence-electron chi connectivity index (χ4n) is 8.25. The van der Waals surface area contributed by atoms with Crippen LogP contribution in [0.3, 0.4) is 0 Å². The maximum atomic E-state index is 12.5. The molecule has 0 radical (unpaired) electrons. The molecule has 4 fully saturated rings. The van der Waals surface area contributed by atoms with Gasteiger partial charge in [-0.05, 0) is 80.8 Å². The first-order valence-corrected chi connectivity index (χ1v) is 11.4. The Labute approximate surface area is 176 Å². The normalized spacial score (nSPS) is 50.3. The fraction of sp³-hybridized carbons (Fsp3) is 0.750. The SMILES string of the molecule is C[C@]12CCC3C(CC[C@]4(O)C[C@@H](O)CC[C@]34C=O)[C@@]1(O)CC[C@@H]2c1ccc(=O)oc1. The van der Waals surface area contributed by atoms with Gasteiger partial charge in [0.05, 0.1) is 29.0 Å². The minimum Gasteiger partial charge on any atom is -0.431 e. The van der Waals surface area contributed by atoms with Gasteiger partial charge in [0, 0.05) is 17.9 Å². The number of fused-ring (bicyclic) bond motifs is 5. The average Bonchev–Trinajstić information content (AvgIpc) is 2.99. The van der Waals surface area contributed by atoms with Crippen molar-refractivity contribution in [3.63, 3.8) is 0 Å². The van der Waals surface area contributed by atoms with Crippen molar-refractivity contribution in [1.29, 1.82) is 0 Å². The topological polar surface area (TPSA) is 108 Å². The zero-order valence-electron chi connectivity index (χ0n) is 17.5. The van der Waals surface area contributed by atoms with Crippen molar-refractivity contribution >= 4 is 6.29 Å². The van der Waals surface area contributed by atoms with Gasteiger partial charge in [0.1, 0.15) is 6.29 Å². The summed E-state index contributed by atoms with van der Waals surface area (Å²) in [6, 6.07) is 3.26. The smallest absolute Gasteiger partial charge is 0.335 e. The molecule has 164 valence electrons. The first-order chi connectivity index (χ1) is 14.2. The highest BCUT2D eigenvalue weighted by Gasteiger charge is 2.71. The van der Waals surface area contributed by atoms with Gasteiger partial charge in [0.2, 0.25) is 0 Å². The van der Waals surface area contributed by atoms with Gasteiger partial charge in [-0.2, -0.15) is 0 Å². The zero-order valence-corrected chi connectivity index (χ0v) is 17.5. The van der Waals surface area contributed by atoms with Crippen LogP contribution in [0.1, 0.15) is 76.2 Å². The van der Waals surface area contributed by atoms with Crippen molar-refractivity contribution in [3.05, 3.63) is 34.4 Å². The summed E-state index contributed by atoms with van der Waals surface area (Å²) in [5.74, 6) is -0.0431. The molecule has 0 bridgehead atoms. The van der Waals surface area contributed by atoms with Crippen LogP contribution in [0.25, 0.3) is 0 Å². The molecule has 5 rings (SSSR count). The standard InChI is InChI=1S/C24H32O6/c1-21-8-5-18-19(6-10-23(28)12-16(26)4-9-22(18,23)14-25)24(21,29)11-7-17(21)15-2-3-20(27)30-13-15/h2-3,13-14,16-19,26,28-29H,4-12H2,1H3/t16-,17+,18?,19?,21+,22-,23-,24-/m0/s1. The first kappa shape index (κ1) is 20.4. The molecule has 1 heterocycles. The van der Waals surface area contributed by atoms with E-state index in [1.54, 1.807) is 0 Å². The number of rotatable bonds is 2. The molecule has 4 aliphatic rings. The van der Waals surface area contributed by atoms with Gasteiger partial charge >= 0.3 is 5.63 Å². The molecule has 6 nitrogen and oxygen atoms in total. The van der Waals surface area contributed by atoms with E-state index >= 15 is 0 Å². The van der Waals surface area contributed by atoms with Crippen molar-refractivity contribution in [1.82, 2.24) is 0 Å². The van der Waals surface area contributed by atoms with Crippen molar-refractivity contribution in [2.75, 3.05) is 0 Å². The largest absolute Gasteiger partial charge is 0.431 e. The highest BCUT2D eigenvalue weighted by atomic mass is 16.4. The lowest BCUT2D eigenvalue weighted by Crippen LogP contribution is -2.68. The van der Waals surface area contributed by atoms with Crippen LogP contribution in [0, 0.1) is 22.7 Å². The Kier molecular flexibility index (Phi) is 4.42. The molecule has 4 aliphatic carbocycles. The van der Waals surface area contributed by atoms with Gasteiger partial charge in [-0.15, -0.1) is 0 Å². The lowest BCUT2D eigenvalue weighted by Gasteiger charge is -2.65. The van der Waals surface area contributed by atoms with Gasteiger partial charge in [0.25, 0.3) is 0 Å². The van der Waals surface area contributed by atoms with Crippen molar-refractivity contribution in [3.8, 4) is 0 Å². The van der Waals surface area contributed by atoms with Crippen LogP contribution < -0.4 is 5.63 Å². The Balaban J connectivity index is 1.53. The molecule has 1 aromatic rings. The van der Waals surface area contributed by atoms with Gasteiger partial charge in [-0.3, -0.25) is 0 Å². The van der Waals surface area contributed by atoms with E-state index in [2.05, 4.69) is 6.92 Å². The molecule has 0 aliphatic heterocycles. The van der Waals surface area contributed by atoms with E-state index in [0.717, 1.165) is 31.1 Å². The summed E-state index contributed by atoms with van der Waals surface area (Å²) >= 11 is 0. The Morgan fingerprint density at radius 1 is 1.03 bits per heavy atom. The predicted molar refractivity (Wildman–Crippen MR) is 109 cm³/mol. The molecule has 0 amide bonds. The number of hydrogen-bond acceptors (Lipinski definition) is 6. The molecule has 2 unspecified atom stereocenters. The van der Waals surface area contributed by atoms with Crippen molar-refractivity contribution in [2.45, 2.75) is 87.9 Å². The molecule has 0 aromatic carbocycles. The molecular weight excluding hydrogens is 384 g/mol. The minimum atomic E-state index is -1.18. The van der Waals surface area contributed by atoms with Gasteiger partial charge in [0.15, 0.2) is 0 Å². The summed E-state index contributed by atoms with van der Waals surface area (Å²) in [6.45, 7) is 2.14. The number of carbonyl (C=O) groups excluding carboxylic acids is 1. The molecule has 3 N–H and O–H groups in total. The van der Waals surface area contributed by atoms with Crippen LogP contribution >= 0.6 is 0 Å². The van der Waals surface area contributed by atoms with Crippen LogP contribution in [-0.4, -0.2) is 38.9 Å². The first-order valence-electron chi connectivity index (χ1n) is 11.4. The highest BCUT2D eigenvalue weighted by Crippen LogP contribution is 2.70. The molecule has 4 saturated carbocycles. The maximum absolute atomic E-state index is 12.5. The number of aliphatic hydroxyl groups is 3. The quantitative estimate of drug-likeness (QED) is 0.640. The number of carbonyl (C=O) groups is 1. The van der Waals surface area contributed by atoms with E-state index in [4.69, 9.17) is 4.42 Å². The molecule has 1 aromatic heterocycles. The van der Waals surface area contributed by atoms with Gasteiger partial charge in [-0.1, -0.05) is 6.92 Å². The van der Waals surface area contributed by atoms with E-state index in [9.17, 15) is 24.9 Å². The lowest BCUT2D eigenvalue weighted by atomic mass is 9.41. The van der Waals surface area contributed by atoms with Crippen LogP contribution in [0.5, 0.6) is 0 Å². The van der Waals surface area contributed by atoms with E-state index in [-0.39, 0.29) is 35.2 Å².